The monoisotopic (exact) mass is 763 g/mol. The third-order valence-electron chi connectivity index (χ3n) is 12.2. The minimum Gasteiger partial charge on any atom is -0.309 e. The van der Waals surface area contributed by atoms with Crippen LogP contribution in [-0.2, 0) is 0 Å². The second-order valence-corrected chi connectivity index (χ2v) is 15.6. The average Bonchev–Trinajstić information content (AvgIpc) is 3.65. The Labute approximate surface area is 354 Å². The maximum Gasteiger partial charge on any atom is 0.166 e. The number of nitrogens with zero attached hydrogens (tertiary/aromatic N) is 5. The highest BCUT2D eigenvalue weighted by atomic mass is 15.1. The fourth-order valence-corrected chi connectivity index (χ4v) is 8.64. The van der Waals surface area contributed by atoms with Crippen LogP contribution in [0.2, 0.25) is 0 Å². The van der Waals surface area contributed by atoms with E-state index in [1.54, 1.807) is 0 Å². The number of para-hydroxylation sites is 2. The first-order valence-electron chi connectivity index (χ1n) is 20.5. The van der Waals surface area contributed by atoms with Gasteiger partial charge in [-0.1, -0.05) is 144 Å². The van der Waals surface area contributed by atoms with E-state index in [0.717, 1.165) is 67.1 Å². The van der Waals surface area contributed by atoms with Gasteiger partial charge in [0.2, 0.25) is 0 Å². The Kier molecular flexibility index (Phi) is 9.41. The lowest BCUT2D eigenvalue weighted by molar-refractivity contribution is 1.07. The van der Waals surface area contributed by atoms with Gasteiger partial charge in [0.1, 0.15) is 39.2 Å². The molecule has 0 saturated carbocycles. The van der Waals surface area contributed by atoms with E-state index < -0.39 is 0 Å². The van der Waals surface area contributed by atoms with Gasteiger partial charge in [-0.25, -0.2) is 19.9 Å². The summed E-state index contributed by atoms with van der Waals surface area (Å²) in [5.74, 6) is 1.88. The fourth-order valence-electron chi connectivity index (χ4n) is 8.64. The van der Waals surface area contributed by atoms with Crippen molar-refractivity contribution in [1.29, 1.82) is 0 Å². The van der Waals surface area contributed by atoms with Gasteiger partial charge in [-0.3, -0.25) is 0 Å². The molecule has 0 fully saturated rings. The molecule has 3 heterocycles. The normalized spacial score (nSPS) is 11.3. The summed E-state index contributed by atoms with van der Waals surface area (Å²) in [4.78, 5) is 21.4. The lowest BCUT2D eigenvalue weighted by Crippen LogP contribution is -2.55. The third kappa shape index (κ3) is 6.45. The first kappa shape index (κ1) is 37.1. The van der Waals surface area contributed by atoms with Crippen LogP contribution in [0.5, 0.6) is 0 Å². The maximum atomic E-state index is 5.47. The minimum atomic E-state index is 0.592. The molecule has 0 atom stereocenters. The highest BCUT2D eigenvalue weighted by Gasteiger charge is 2.23. The number of hydrogen-bond acceptors (Lipinski definition) is 4. The Balaban J connectivity index is 1.29. The van der Waals surface area contributed by atoms with E-state index in [1.165, 1.54) is 38.1 Å². The molecule has 10 rings (SSSR count). The first-order valence-corrected chi connectivity index (χ1v) is 20.5. The van der Waals surface area contributed by atoms with Crippen LogP contribution < -0.4 is 27.3 Å². The number of hydrogen-bond donors (Lipinski definition) is 0. The number of pyridine rings is 1. The van der Waals surface area contributed by atoms with Gasteiger partial charge in [-0.15, -0.1) is 16.4 Å². The molecule has 3 aromatic heterocycles. The molecule has 60 heavy (non-hydrogen) atoms. The molecule has 10 heteroatoms. The summed E-state index contributed by atoms with van der Waals surface area (Å²) in [5, 5.41) is 2.37. The zero-order chi connectivity index (χ0) is 40.9. The van der Waals surface area contributed by atoms with Crippen LogP contribution in [0.4, 0.5) is 0 Å². The van der Waals surface area contributed by atoms with Crippen LogP contribution in [-0.4, -0.2) is 63.7 Å². The zero-order valence-electron chi connectivity index (χ0n) is 34.4. The quantitative estimate of drug-likeness (QED) is 0.233. The van der Waals surface area contributed by atoms with Crippen molar-refractivity contribution in [3.05, 3.63) is 170 Å². The molecule has 10 aromatic rings. The minimum absolute atomic E-state index is 0.592. The SMILES string of the molecule is Bc1c(B)c(B)c(-c2nc(-c3ccccc3)nc(-c3cc(-c4cc(-c5ccccc5)cc(-c5ccccc5)n4)ccc3-n3c4ccccc4c4ccccc43)n2)c(B)c1B. The lowest BCUT2D eigenvalue weighted by atomic mass is 9.60. The van der Waals surface area contributed by atoms with Crippen molar-refractivity contribution in [1.82, 2.24) is 24.5 Å². The number of aromatic nitrogens is 5. The Morgan fingerprint density at radius 1 is 0.333 bits per heavy atom. The Bertz CT molecular complexity index is 3120. The summed E-state index contributed by atoms with van der Waals surface area (Å²) < 4.78 is 2.36. The highest BCUT2D eigenvalue weighted by molar-refractivity contribution is 6.68. The second kappa shape index (κ2) is 15.2. The zero-order valence-corrected chi connectivity index (χ0v) is 34.4. The summed E-state index contributed by atoms with van der Waals surface area (Å²) in [6.45, 7) is 0. The smallest absolute Gasteiger partial charge is 0.166 e. The van der Waals surface area contributed by atoms with Gasteiger partial charge < -0.3 is 4.57 Å². The van der Waals surface area contributed by atoms with E-state index in [9.17, 15) is 0 Å². The Hall–Kier alpha value is -7.18. The molecule has 0 aliphatic rings. The molecule has 7 aromatic carbocycles. The second-order valence-electron chi connectivity index (χ2n) is 15.6. The number of benzene rings is 7. The van der Waals surface area contributed by atoms with Crippen LogP contribution in [0, 0.1) is 0 Å². The number of rotatable bonds is 7. The summed E-state index contributed by atoms with van der Waals surface area (Å²) in [6, 6.07) is 59.4. The summed E-state index contributed by atoms with van der Waals surface area (Å²) in [7, 11) is 11.0. The van der Waals surface area contributed by atoms with E-state index in [0.29, 0.717) is 17.5 Å². The van der Waals surface area contributed by atoms with Gasteiger partial charge >= 0.3 is 0 Å². The van der Waals surface area contributed by atoms with Gasteiger partial charge in [0.05, 0.1) is 28.1 Å². The van der Waals surface area contributed by atoms with E-state index in [4.69, 9.17) is 19.9 Å². The largest absolute Gasteiger partial charge is 0.309 e. The molecular formula is C50H38B5N5. The molecule has 0 bridgehead atoms. The molecule has 0 saturated heterocycles. The van der Waals surface area contributed by atoms with E-state index in [2.05, 4.69) is 189 Å². The van der Waals surface area contributed by atoms with Crippen molar-refractivity contribution in [3.8, 4) is 73.5 Å². The first-order chi connectivity index (χ1) is 29.3. The van der Waals surface area contributed by atoms with Crippen molar-refractivity contribution in [3.63, 3.8) is 0 Å². The summed E-state index contributed by atoms with van der Waals surface area (Å²) in [5.41, 5.74) is 18.2. The molecule has 0 spiro atoms. The topological polar surface area (TPSA) is 56.5 Å². The van der Waals surface area contributed by atoms with Crippen LogP contribution in [0.25, 0.3) is 95.3 Å². The molecule has 0 amide bonds. The predicted octanol–water partition coefficient (Wildman–Crippen LogP) is 3.66. The summed E-state index contributed by atoms with van der Waals surface area (Å²) in [6.07, 6.45) is 0. The molecule has 5 nitrogen and oxygen atoms in total. The lowest BCUT2D eigenvalue weighted by Gasteiger charge is -2.20. The molecule has 0 aliphatic heterocycles. The molecule has 278 valence electrons. The molecule has 0 radical (unpaired) electrons. The van der Waals surface area contributed by atoms with Crippen molar-refractivity contribution >= 4 is 88.4 Å². The van der Waals surface area contributed by atoms with Crippen LogP contribution in [0.15, 0.2) is 170 Å². The fraction of sp³-hybridized carbons (Fsp3) is 0. The Morgan fingerprint density at radius 2 is 0.800 bits per heavy atom. The van der Waals surface area contributed by atoms with Crippen molar-refractivity contribution < 1.29 is 0 Å². The van der Waals surface area contributed by atoms with Crippen molar-refractivity contribution in [2.45, 2.75) is 0 Å². The molecular weight excluding hydrogens is 725 g/mol. The predicted molar refractivity (Wildman–Crippen MR) is 265 cm³/mol. The van der Waals surface area contributed by atoms with E-state index >= 15 is 0 Å². The van der Waals surface area contributed by atoms with Gasteiger partial charge in [-0.05, 0) is 47.5 Å². The van der Waals surface area contributed by atoms with Gasteiger partial charge in [-0.2, -0.15) is 0 Å². The van der Waals surface area contributed by atoms with Crippen LogP contribution >= 0.6 is 0 Å². The molecule has 0 aliphatic carbocycles. The van der Waals surface area contributed by atoms with E-state index in [-0.39, 0.29) is 0 Å². The van der Waals surface area contributed by atoms with Crippen molar-refractivity contribution in [2.24, 2.45) is 0 Å². The van der Waals surface area contributed by atoms with Gasteiger partial charge in [0.15, 0.2) is 17.5 Å². The van der Waals surface area contributed by atoms with Gasteiger partial charge in [0, 0.05) is 38.6 Å². The van der Waals surface area contributed by atoms with Crippen LogP contribution in [0.1, 0.15) is 0 Å². The summed E-state index contributed by atoms with van der Waals surface area (Å²) >= 11 is 0. The van der Waals surface area contributed by atoms with Crippen molar-refractivity contribution in [2.75, 3.05) is 0 Å². The van der Waals surface area contributed by atoms with E-state index in [1.807, 2.05) is 24.3 Å². The third-order valence-corrected chi connectivity index (χ3v) is 12.2. The van der Waals surface area contributed by atoms with Crippen LogP contribution in [0.3, 0.4) is 0 Å². The molecule has 0 unspecified atom stereocenters. The maximum absolute atomic E-state index is 5.47. The highest BCUT2D eigenvalue weighted by Crippen LogP contribution is 2.39. The average molecular weight is 763 g/mol. The number of fused-ring (bicyclic) bond motifs is 3. The van der Waals surface area contributed by atoms with Gasteiger partial charge in [0.25, 0.3) is 0 Å². The molecule has 0 N–H and O–H groups in total. The Morgan fingerprint density at radius 3 is 1.40 bits per heavy atom. The standard InChI is InChI=1S/C50H38B5N5/c51-43-42(44(52)46(54)47(55)45(43)53)50-58-48(31-18-8-3-9-19-31)57-49(59-50)36-26-32(24-25-41(36)60-39-22-12-10-20-34(39)35-21-11-13-23-40(35)60)38-28-33(29-14-4-1-5-15-29)27-37(56-38)30-16-6-2-7-17-30/h1-28H,51-55H2.